The molecule has 1 aliphatic carbocycles. The van der Waals surface area contributed by atoms with Gasteiger partial charge in [-0.1, -0.05) is 29.8 Å². The van der Waals surface area contributed by atoms with Crippen LogP contribution in [0.3, 0.4) is 0 Å². The molecule has 8 heteroatoms. The number of hydrogen-bond donors (Lipinski definition) is 0. The molecule has 0 aromatic heterocycles. The summed E-state index contributed by atoms with van der Waals surface area (Å²) in [5.74, 6) is 0.805. The van der Waals surface area contributed by atoms with Gasteiger partial charge in [-0.2, -0.15) is 0 Å². The van der Waals surface area contributed by atoms with Gasteiger partial charge >= 0.3 is 6.09 Å². The minimum Gasteiger partial charge on any atom is -0.449 e. The molecule has 0 bridgehead atoms. The fourth-order valence-corrected chi connectivity index (χ4v) is 4.69. The number of amides is 2. The van der Waals surface area contributed by atoms with Crippen LogP contribution in [0.15, 0.2) is 54.6 Å². The van der Waals surface area contributed by atoms with Gasteiger partial charge in [-0.25, -0.2) is 9.69 Å². The van der Waals surface area contributed by atoms with Gasteiger partial charge in [0.05, 0.1) is 37.8 Å². The molecule has 0 atom stereocenters. The van der Waals surface area contributed by atoms with Crippen LogP contribution in [0.4, 0.5) is 16.2 Å². The van der Waals surface area contributed by atoms with Crippen molar-refractivity contribution in [3.05, 3.63) is 59.6 Å². The zero-order valence-corrected chi connectivity index (χ0v) is 20.7. The molecule has 1 aliphatic heterocycles. The maximum atomic E-state index is 13.1. The van der Waals surface area contributed by atoms with Crippen LogP contribution >= 0.6 is 11.6 Å². The SMILES string of the molecule is O=C(COC[C@H]1CC[C@H](COC(=O)N(c2ccccc2)c2ccc(Cl)cc2)CC1)N1CCOCC1. The number of nitrogens with zero attached hydrogens (tertiary/aromatic N) is 2. The summed E-state index contributed by atoms with van der Waals surface area (Å²) in [4.78, 5) is 28.7. The summed E-state index contributed by atoms with van der Waals surface area (Å²) in [7, 11) is 0. The fourth-order valence-electron chi connectivity index (χ4n) is 4.56. The maximum Gasteiger partial charge on any atom is 0.418 e. The summed E-state index contributed by atoms with van der Waals surface area (Å²) in [5.41, 5.74) is 1.45. The molecule has 1 saturated heterocycles. The molecule has 0 spiro atoms. The van der Waals surface area contributed by atoms with E-state index in [2.05, 4.69) is 0 Å². The van der Waals surface area contributed by atoms with E-state index in [4.69, 9.17) is 25.8 Å². The molecular weight excluding hydrogens is 468 g/mol. The van der Waals surface area contributed by atoms with Crippen molar-refractivity contribution in [3.8, 4) is 0 Å². The molecule has 7 nitrogen and oxygen atoms in total. The highest BCUT2D eigenvalue weighted by Crippen LogP contribution is 2.31. The number of carbonyl (C=O) groups is 2. The molecular formula is C27H33ClN2O5. The quantitative estimate of drug-likeness (QED) is 0.492. The number of carbonyl (C=O) groups excluding carboxylic acids is 2. The van der Waals surface area contributed by atoms with E-state index in [1.165, 1.54) is 0 Å². The smallest absolute Gasteiger partial charge is 0.418 e. The van der Waals surface area contributed by atoms with Crippen LogP contribution < -0.4 is 4.90 Å². The van der Waals surface area contributed by atoms with Gasteiger partial charge in [-0.3, -0.25) is 4.79 Å². The largest absolute Gasteiger partial charge is 0.449 e. The van der Waals surface area contributed by atoms with Crippen molar-refractivity contribution in [1.29, 1.82) is 0 Å². The summed E-state index contributed by atoms with van der Waals surface area (Å²) < 4.78 is 16.8. The summed E-state index contributed by atoms with van der Waals surface area (Å²) in [6.45, 7) is 3.61. The average Bonchev–Trinajstić information content (AvgIpc) is 2.90. The van der Waals surface area contributed by atoms with E-state index < -0.39 is 6.09 Å². The molecule has 0 N–H and O–H groups in total. The minimum atomic E-state index is -0.398. The predicted octanol–water partition coefficient (Wildman–Crippen LogP) is 5.30. The van der Waals surface area contributed by atoms with Crippen LogP contribution in [0, 0.1) is 11.8 Å². The monoisotopic (exact) mass is 500 g/mol. The van der Waals surface area contributed by atoms with Crippen LogP contribution in [-0.2, 0) is 19.0 Å². The van der Waals surface area contributed by atoms with Crippen LogP contribution in [0.2, 0.25) is 5.02 Å². The Morgan fingerprint density at radius 3 is 2.14 bits per heavy atom. The lowest BCUT2D eigenvalue weighted by molar-refractivity contribution is -0.140. The van der Waals surface area contributed by atoms with Crippen molar-refractivity contribution in [3.63, 3.8) is 0 Å². The fraction of sp³-hybridized carbons (Fsp3) is 0.481. The van der Waals surface area contributed by atoms with Crippen molar-refractivity contribution in [2.75, 3.05) is 51.0 Å². The lowest BCUT2D eigenvalue weighted by Crippen LogP contribution is -2.42. The third kappa shape index (κ3) is 7.43. The molecule has 2 amide bonds. The number of morpholine rings is 1. The first-order chi connectivity index (χ1) is 17.1. The molecule has 188 valence electrons. The number of hydrogen-bond acceptors (Lipinski definition) is 5. The summed E-state index contributed by atoms with van der Waals surface area (Å²) in [6, 6.07) is 16.6. The third-order valence-corrected chi connectivity index (χ3v) is 6.89. The second-order valence-electron chi connectivity index (χ2n) is 9.12. The van der Waals surface area contributed by atoms with Gasteiger partial charge in [0, 0.05) is 18.1 Å². The van der Waals surface area contributed by atoms with E-state index in [0.29, 0.717) is 62.1 Å². The van der Waals surface area contributed by atoms with Crippen LogP contribution in [0.1, 0.15) is 25.7 Å². The molecule has 2 aromatic carbocycles. The van der Waals surface area contributed by atoms with Gasteiger partial charge in [0.15, 0.2) is 0 Å². The van der Waals surface area contributed by atoms with Crippen LogP contribution in [0.25, 0.3) is 0 Å². The normalized spacial score (nSPS) is 20.3. The van der Waals surface area contributed by atoms with E-state index >= 15 is 0 Å². The van der Waals surface area contributed by atoms with E-state index in [0.717, 1.165) is 31.4 Å². The highest BCUT2D eigenvalue weighted by atomic mass is 35.5. The summed E-state index contributed by atoms with van der Waals surface area (Å²) >= 11 is 6.03. The molecule has 35 heavy (non-hydrogen) atoms. The molecule has 0 unspecified atom stereocenters. The number of rotatable bonds is 8. The second kappa shape index (κ2) is 12.9. The first-order valence-electron chi connectivity index (χ1n) is 12.3. The standard InChI is InChI=1S/C27H33ClN2O5/c28-23-10-12-25(13-11-23)30(24-4-2-1-3-5-24)27(32)35-19-22-8-6-21(7-9-22)18-34-20-26(31)29-14-16-33-17-15-29/h1-5,10-13,21-22H,6-9,14-20H2/t21-,22-. The van der Waals surface area contributed by atoms with Gasteiger partial charge in [-0.15, -0.1) is 0 Å². The third-order valence-electron chi connectivity index (χ3n) is 6.63. The minimum absolute atomic E-state index is 0.0394. The van der Waals surface area contributed by atoms with Crippen molar-refractivity contribution in [2.45, 2.75) is 25.7 Å². The maximum absolute atomic E-state index is 13.1. The van der Waals surface area contributed by atoms with Crippen molar-refractivity contribution in [1.82, 2.24) is 4.90 Å². The molecule has 4 rings (SSSR count). The Bertz CT molecular complexity index is 942. The Hall–Kier alpha value is -2.61. The van der Waals surface area contributed by atoms with Gasteiger partial charge in [0.25, 0.3) is 0 Å². The van der Waals surface area contributed by atoms with Crippen LogP contribution in [-0.4, -0.2) is 63.0 Å². The number of ether oxygens (including phenoxy) is 3. The predicted molar refractivity (Wildman–Crippen MR) is 135 cm³/mol. The molecule has 2 aliphatic rings. The number of para-hydroxylation sites is 1. The zero-order valence-electron chi connectivity index (χ0n) is 19.9. The van der Waals surface area contributed by atoms with Gasteiger partial charge in [0.1, 0.15) is 6.61 Å². The number of anilines is 2. The second-order valence-corrected chi connectivity index (χ2v) is 9.56. The first kappa shape index (κ1) is 25.5. The lowest BCUT2D eigenvalue weighted by atomic mass is 9.83. The van der Waals surface area contributed by atoms with E-state index in [1.807, 2.05) is 42.5 Å². The van der Waals surface area contributed by atoms with Crippen molar-refractivity contribution in [2.24, 2.45) is 11.8 Å². The van der Waals surface area contributed by atoms with Crippen LogP contribution in [0.5, 0.6) is 0 Å². The van der Waals surface area contributed by atoms with Crippen molar-refractivity contribution >= 4 is 35.0 Å². The Morgan fingerprint density at radius 2 is 1.49 bits per heavy atom. The van der Waals surface area contributed by atoms with Gasteiger partial charge in [-0.05, 0) is 73.9 Å². The highest BCUT2D eigenvalue weighted by Gasteiger charge is 2.25. The van der Waals surface area contributed by atoms with E-state index in [1.54, 1.807) is 21.9 Å². The average molecular weight is 501 g/mol. The molecule has 2 aromatic rings. The van der Waals surface area contributed by atoms with E-state index in [9.17, 15) is 9.59 Å². The highest BCUT2D eigenvalue weighted by molar-refractivity contribution is 6.30. The topological polar surface area (TPSA) is 68.3 Å². The Labute approximate surface area is 211 Å². The lowest BCUT2D eigenvalue weighted by Gasteiger charge is -2.30. The number of halogens is 1. The molecule has 2 fully saturated rings. The van der Waals surface area contributed by atoms with Gasteiger partial charge in [0.2, 0.25) is 5.91 Å². The Kier molecular flexibility index (Phi) is 9.40. The molecule has 1 heterocycles. The molecule has 1 saturated carbocycles. The zero-order chi connectivity index (χ0) is 24.5. The van der Waals surface area contributed by atoms with Crippen molar-refractivity contribution < 1.29 is 23.8 Å². The summed E-state index contributed by atoms with van der Waals surface area (Å²) in [5, 5.41) is 0.612. The van der Waals surface area contributed by atoms with E-state index in [-0.39, 0.29) is 12.5 Å². The molecule has 0 radical (unpaired) electrons. The first-order valence-corrected chi connectivity index (χ1v) is 12.7. The Morgan fingerprint density at radius 1 is 0.886 bits per heavy atom. The van der Waals surface area contributed by atoms with Gasteiger partial charge < -0.3 is 19.1 Å². The summed E-state index contributed by atoms with van der Waals surface area (Å²) in [6.07, 6.45) is 3.57. The number of benzene rings is 2. The Balaban J connectivity index is 1.21.